The van der Waals surface area contributed by atoms with E-state index in [1.165, 1.54) is 17.0 Å². The van der Waals surface area contributed by atoms with E-state index >= 15 is 0 Å². The van der Waals surface area contributed by atoms with Gasteiger partial charge in [0.2, 0.25) is 0 Å². The van der Waals surface area contributed by atoms with Crippen molar-refractivity contribution < 1.29 is 14.4 Å². The first kappa shape index (κ1) is 15.4. The second-order valence-electron chi connectivity index (χ2n) is 3.94. The van der Waals surface area contributed by atoms with E-state index in [1.807, 2.05) is 6.92 Å². The van der Waals surface area contributed by atoms with Gasteiger partial charge in [0, 0.05) is 11.0 Å². The highest BCUT2D eigenvalue weighted by molar-refractivity contribution is 9.10. The van der Waals surface area contributed by atoms with E-state index in [4.69, 9.17) is 10.9 Å². The molecule has 0 radical (unpaired) electrons. The molecule has 0 spiro atoms. The normalized spacial score (nSPS) is 11.4. The Morgan fingerprint density at radius 3 is 2.84 bits per heavy atom. The Kier molecular flexibility index (Phi) is 5.75. The lowest BCUT2D eigenvalue weighted by atomic mass is 10.2. The van der Waals surface area contributed by atoms with Crippen molar-refractivity contribution in [2.45, 2.75) is 13.3 Å². The third-order valence-electron chi connectivity index (χ3n) is 2.42. The summed E-state index contributed by atoms with van der Waals surface area (Å²) in [6, 6.07) is 3.88. The van der Waals surface area contributed by atoms with Gasteiger partial charge in [0.25, 0.3) is 5.91 Å². The maximum Gasteiger partial charge on any atom is 0.255 e. The van der Waals surface area contributed by atoms with Gasteiger partial charge >= 0.3 is 0 Å². The minimum Gasteiger partial charge on any atom is -0.409 e. The first-order valence-electron chi connectivity index (χ1n) is 5.70. The van der Waals surface area contributed by atoms with E-state index in [2.05, 4.69) is 21.1 Å². The van der Waals surface area contributed by atoms with Crippen LogP contribution < -0.4 is 5.73 Å². The van der Waals surface area contributed by atoms with Crippen LogP contribution in [0.3, 0.4) is 0 Å². The number of amidine groups is 1. The number of rotatable bonds is 5. The van der Waals surface area contributed by atoms with Crippen molar-refractivity contribution in [2.75, 3.05) is 13.1 Å². The molecule has 0 aliphatic rings. The molecule has 0 unspecified atom stereocenters. The average Bonchev–Trinajstić information content (AvgIpc) is 2.40. The lowest BCUT2D eigenvalue weighted by Crippen LogP contribution is -2.39. The first-order valence-corrected chi connectivity index (χ1v) is 6.49. The molecule has 0 aliphatic carbocycles. The highest BCUT2D eigenvalue weighted by Crippen LogP contribution is 2.19. The van der Waals surface area contributed by atoms with Crippen LogP contribution in [0.25, 0.3) is 0 Å². The molecule has 0 saturated carbocycles. The largest absolute Gasteiger partial charge is 0.409 e. The standard InChI is InChI=1S/C12H15BrFN3O2/c1-2-5-17(7-11(15)16-19)12(18)9-6-8(14)3-4-10(9)13/h3-4,6,19H,2,5,7H2,1H3,(H2,15,16). The molecule has 1 aromatic carbocycles. The molecule has 1 aromatic rings. The van der Waals surface area contributed by atoms with Crippen LogP contribution >= 0.6 is 15.9 Å². The Hall–Kier alpha value is -1.63. The van der Waals surface area contributed by atoms with E-state index in [1.54, 1.807) is 0 Å². The predicted octanol–water partition coefficient (Wildman–Crippen LogP) is 2.19. The Balaban J connectivity index is 3.01. The Morgan fingerprint density at radius 2 is 2.26 bits per heavy atom. The van der Waals surface area contributed by atoms with E-state index < -0.39 is 5.82 Å². The van der Waals surface area contributed by atoms with Crippen molar-refractivity contribution >= 4 is 27.7 Å². The molecule has 0 heterocycles. The van der Waals surface area contributed by atoms with E-state index in [9.17, 15) is 9.18 Å². The summed E-state index contributed by atoms with van der Waals surface area (Å²) in [4.78, 5) is 13.7. The van der Waals surface area contributed by atoms with Gasteiger partial charge in [0.15, 0.2) is 5.84 Å². The zero-order valence-corrected chi connectivity index (χ0v) is 12.0. The molecule has 0 atom stereocenters. The van der Waals surface area contributed by atoms with Crippen LogP contribution in [0.5, 0.6) is 0 Å². The number of halogens is 2. The molecular formula is C12H15BrFN3O2. The van der Waals surface area contributed by atoms with Gasteiger partial charge in [0.05, 0.1) is 12.1 Å². The molecule has 5 nitrogen and oxygen atoms in total. The molecule has 0 aromatic heterocycles. The summed E-state index contributed by atoms with van der Waals surface area (Å²) < 4.78 is 13.7. The summed E-state index contributed by atoms with van der Waals surface area (Å²) in [5, 5.41) is 11.4. The molecule has 0 bridgehead atoms. The summed E-state index contributed by atoms with van der Waals surface area (Å²) in [5.41, 5.74) is 5.62. The highest BCUT2D eigenvalue weighted by Gasteiger charge is 2.19. The molecule has 104 valence electrons. The zero-order chi connectivity index (χ0) is 14.4. The second kappa shape index (κ2) is 7.08. The number of oxime groups is 1. The quantitative estimate of drug-likeness (QED) is 0.375. The van der Waals surface area contributed by atoms with Crippen LogP contribution in [-0.2, 0) is 0 Å². The van der Waals surface area contributed by atoms with Gasteiger partial charge in [-0.1, -0.05) is 12.1 Å². The van der Waals surface area contributed by atoms with E-state index in [0.29, 0.717) is 17.4 Å². The Morgan fingerprint density at radius 1 is 1.58 bits per heavy atom. The number of nitrogens with zero attached hydrogens (tertiary/aromatic N) is 2. The third kappa shape index (κ3) is 4.20. The van der Waals surface area contributed by atoms with Gasteiger partial charge < -0.3 is 15.8 Å². The molecule has 0 fully saturated rings. The van der Waals surface area contributed by atoms with Gasteiger partial charge in [-0.2, -0.15) is 0 Å². The molecule has 1 rings (SSSR count). The van der Waals surface area contributed by atoms with Crippen LogP contribution in [0.15, 0.2) is 27.8 Å². The summed E-state index contributed by atoms with van der Waals surface area (Å²) >= 11 is 3.21. The van der Waals surface area contributed by atoms with Crippen LogP contribution in [-0.4, -0.2) is 34.9 Å². The Labute approximate surface area is 119 Å². The third-order valence-corrected chi connectivity index (χ3v) is 3.11. The maximum atomic E-state index is 13.2. The topological polar surface area (TPSA) is 78.9 Å². The molecule has 0 saturated heterocycles. The molecule has 1 amide bonds. The van der Waals surface area contributed by atoms with Crippen LogP contribution in [0.1, 0.15) is 23.7 Å². The second-order valence-corrected chi connectivity index (χ2v) is 4.80. The highest BCUT2D eigenvalue weighted by atomic mass is 79.9. The SMILES string of the molecule is CCCN(CC(N)=NO)C(=O)c1cc(F)ccc1Br. The number of hydrogen-bond acceptors (Lipinski definition) is 3. The lowest BCUT2D eigenvalue weighted by Gasteiger charge is -2.22. The monoisotopic (exact) mass is 331 g/mol. The number of nitrogens with two attached hydrogens (primary N) is 1. The van der Waals surface area contributed by atoms with Gasteiger partial charge in [-0.3, -0.25) is 4.79 Å². The number of hydrogen-bond donors (Lipinski definition) is 2. The summed E-state index contributed by atoms with van der Waals surface area (Å²) in [6.07, 6.45) is 0.706. The lowest BCUT2D eigenvalue weighted by molar-refractivity contribution is 0.0777. The first-order chi connectivity index (χ1) is 8.99. The molecule has 19 heavy (non-hydrogen) atoms. The predicted molar refractivity (Wildman–Crippen MR) is 73.7 cm³/mol. The fraction of sp³-hybridized carbons (Fsp3) is 0.333. The van der Waals surface area contributed by atoms with Crippen molar-refractivity contribution in [2.24, 2.45) is 10.9 Å². The molecular weight excluding hydrogens is 317 g/mol. The van der Waals surface area contributed by atoms with Gasteiger partial charge in [-0.05, 0) is 40.5 Å². The van der Waals surface area contributed by atoms with Crippen LogP contribution in [0.2, 0.25) is 0 Å². The van der Waals surface area contributed by atoms with Crippen molar-refractivity contribution in [3.8, 4) is 0 Å². The molecule has 7 heteroatoms. The number of amides is 1. The van der Waals surface area contributed by atoms with Crippen LogP contribution in [0, 0.1) is 5.82 Å². The van der Waals surface area contributed by atoms with Crippen LogP contribution in [0.4, 0.5) is 4.39 Å². The van der Waals surface area contributed by atoms with Gasteiger partial charge in [-0.15, -0.1) is 0 Å². The van der Waals surface area contributed by atoms with Crippen molar-refractivity contribution in [3.05, 3.63) is 34.1 Å². The number of carbonyl (C=O) groups is 1. The van der Waals surface area contributed by atoms with Gasteiger partial charge in [0.1, 0.15) is 5.82 Å². The summed E-state index contributed by atoms with van der Waals surface area (Å²) in [7, 11) is 0. The molecule has 0 aliphatic heterocycles. The number of benzene rings is 1. The van der Waals surface area contributed by atoms with Crippen molar-refractivity contribution in [1.82, 2.24) is 4.90 Å². The average molecular weight is 332 g/mol. The van der Waals surface area contributed by atoms with Crippen molar-refractivity contribution in [3.63, 3.8) is 0 Å². The van der Waals surface area contributed by atoms with E-state index in [-0.39, 0.29) is 23.9 Å². The summed E-state index contributed by atoms with van der Waals surface area (Å²) in [5.74, 6) is -0.944. The van der Waals surface area contributed by atoms with Crippen molar-refractivity contribution in [1.29, 1.82) is 0 Å². The fourth-order valence-corrected chi connectivity index (χ4v) is 2.00. The maximum absolute atomic E-state index is 13.2. The molecule has 3 N–H and O–H groups in total. The fourth-order valence-electron chi connectivity index (χ4n) is 1.58. The van der Waals surface area contributed by atoms with Gasteiger partial charge in [-0.25, -0.2) is 4.39 Å². The minimum atomic E-state index is -0.494. The summed E-state index contributed by atoms with van der Waals surface area (Å²) in [6.45, 7) is 2.32. The zero-order valence-electron chi connectivity index (χ0n) is 10.4. The minimum absolute atomic E-state index is 0.00781. The smallest absolute Gasteiger partial charge is 0.255 e. The van der Waals surface area contributed by atoms with E-state index in [0.717, 1.165) is 6.07 Å². The number of carbonyl (C=O) groups excluding carboxylic acids is 1. The Bertz CT molecular complexity index is 494.